The van der Waals surface area contributed by atoms with E-state index in [4.69, 9.17) is 4.74 Å². The van der Waals surface area contributed by atoms with Crippen LogP contribution >= 0.6 is 0 Å². The maximum absolute atomic E-state index is 13.0. The van der Waals surface area contributed by atoms with E-state index in [1.807, 2.05) is 13.8 Å². The molecule has 1 unspecified atom stereocenters. The molecule has 29 heavy (non-hydrogen) atoms. The van der Waals surface area contributed by atoms with Gasteiger partial charge in [0.25, 0.3) is 0 Å². The third kappa shape index (κ3) is 8.27. The van der Waals surface area contributed by atoms with Gasteiger partial charge >= 0.3 is 0 Å². The second kappa shape index (κ2) is 11.6. The average Bonchev–Trinajstić information content (AvgIpc) is 2.69. The van der Waals surface area contributed by atoms with Crippen molar-refractivity contribution in [3.8, 4) is 5.75 Å². The van der Waals surface area contributed by atoms with Crippen LogP contribution in [0, 0.1) is 5.82 Å². The molecule has 1 aliphatic rings. The number of likely N-dealkylation sites (N-methyl/N-ethyl adjacent to an activating group) is 1. The van der Waals surface area contributed by atoms with Gasteiger partial charge < -0.3 is 20.3 Å². The summed E-state index contributed by atoms with van der Waals surface area (Å²) in [5.74, 6) is 1.26. The highest BCUT2D eigenvalue weighted by atomic mass is 19.1. The van der Waals surface area contributed by atoms with Gasteiger partial charge in [0.05, 0.1) is 13.1 Å². The number of halogens is 1. The maximum Gasteiger partial charge on any atom is 0.236 e. The smallest absolute Gasteiger partial charge is 0.236 e. The zero-order valence-corrected chi connectivity index (χ0v) is 17.9. The van der Waals surface area contributed by atoms with Crippen molar-refractivity contribution in [2.75, 3.05) is 46.8 Å². The molecule has 1 amide bonds. The number of ether oxygens (including phenoxy) is 1. The minimum absolute atomic E-state index is 0.130. The molecule has 0 aliphatic carbocycles. The quantitative estimate of drug-likeness (QED) is 0.507. The van der Waals surface area contributed by atoms with Gasteiger partial charge in [-0.15, -0.1) is 0 Å². The van der Waals surface area contributed by atoms with E-state index in [0.717, 1.165) is 38.4 Å². The minimum atomic E-state index is -0.279. The monoisotopic (exact) mass is 407 g/mol. The van der Waals surface area contributed by atoms with Crippen LogP contribution in [0.25, 0.3) is 0 Å². The standard InChI is InChI=1S/C21H34FN5O2/c1-5-23-21(24-14-16(2)29-19-8-6-17(22)7-9-19)25-18-10-12-27(13-11-18)15-20(28)26(3)4/h6-9,16,18H,5,10-15H2,1-4H3,(H2,23,24,25). The van der Waals surface area contributed by atoms with Crippen LogP contribution in [0.5, 0.6) is 5.75 Å². The number of guanidine groups is 1. The van der Waals surface area contributed by atoms with E-state index in [1.165, 1.54) is 12.1 Å². The number of nitrogens with zero attached hydrogens (tertiary/aromatic N) is 3. The van der Waals surface area contributed by atoms with Crippen LogP contribution < -0.4 is 15.4 Å². The van der Waals surface area contributed by atoms with Gasteiger partial charge in [-0.25, -0.2) is 9.38 Å². The van der Waals surface area contributed by atoms with Crippen molar-refractivity contribution in [1.29, 1.82) is 0 Å². The number of hydrogen-bond acceptors (Lipinski definition) is 4. The molecule has 0 aromatic heterocycles. The van der Waals surface area contributed by atoms with Gasteiger partial charge in [0.15, 0.2) is 5.96 Å². The molecule has 2 rings (SSSR count). The summed E-state index contributed by atoms with van der Waals surface area (Å²) in [4.78, 5) is 20.3. The van der Waals surface area contributed by atoms with Gasteiger partial charge in [0, 0.05) is 39.8 Å². The molecule has 1 saturated heterocycles. The zero-order chi connectivity index (χ0) is 21.2. The molecule has 1 aromatic rings. The molecule has 1 atom stereocenters. The summed E-state index contributed by atoms with van der Waals surface area (Å²) in [5.41, 5.74) is 0. The first-order chi connectivity index (χ1) is 13.9. The number of rotatable bonds is 8. The summed E-state index contributed by atoms with van der Waals surface area (Å²) >= 11 is 0. The van der Waals surface area contributed by atoms with E-state index < -0.39 is 0 Å². The van der Waals surface area contributed by atoms with E-state index >= 15 is 0 Å². The summed E-state index contributed by atoms with van der Waals surface area (Å²) in [6, 6.07) is 6.33. The van der Waals surface area contributed by atoms with Gasteiger partial charge in [-0.3, -0.25) is 9.69 Å². The summed E-state index contributed by atoms with van der Waals surface area (Å²) in [5, 5.41) is 6.77. The Morgan fingerprint density at radius 1 is 1.31 bits per heavy atom. The zero-order valence-electron chi connectivity index (χ0n) is 17.9. The average molecular weight is 408 g/mol. The Kier molecular flexibility index (Phi) is 9.18. The van der Waals surface area contributed by atoms with Gasteiger partial charge in [0.1, 0.15) is 17.7 Å². The Balaban J connectivity index is 1.80. The lowest BCUT2D eigenvalue weighted by Gasteiger charge is -2.33. The fourth-order valence-corrected chi connectivity index (χ4v) is 3.08. The van der Waals surface area contributed by atoms with Crippen LogP contribution in [0.15, 0.2) is 29.3 Å². The third-order valence-electron chi connectivity index (χ3n) is 4.79. The highest BCUT2D eigenvalue weighted by Gasteiger charge is 2.22. The largest absolute Gasteiger partial charge is 0.489 e. The minimum Gasteiger partial charge on any atom is -0.489 e. The van der Waals surface area contributed by atoms with Crippen molar-refractivity contribution in [2.45, 2.75) is 38.8 Å². The Bertz CT molecular complexity index is 658. The van der Waals surface area contributed by atoms with E-state index in [-0.39, 0.29) is 17.8 Å². The third-order valence-corrected chi connectivity index (χ3v) is 4.79. The number of hydrogen-bond donors (Lipinski definition) is 2. The van der Waals surface area contributed by atoms with E-state index in [0.29, 0.717) is 24.9 Å². The molecule has 162 valence electrons. The molecule has 1 heterocycles. The first-order valence-electron chi connectivity index (χ1n) is 10.3. The second-order valence-corrected chi connectivity index (χ2v) is 7.58. The number of piperidine rings is 1. The normalized spacial score (nSPS) is 16.9. The summed E-state index contributed by atoms with van der Waals surface area (Å²) in [6.07, 6.45) is 1.80. The van der Waals surface area contributed by atoms with E-state index in [9.17, 15) is 9.18 Å². The number of nitrogens with one attached hydrogen (secondary N) is 2. The lowest BCUT2D eigenvalue weighted by atomic mass is 10.1. The van der Waals surface area contributed by atoms with Crippen LogP contribution in [0.4, 0.5) is 4.39 Å². The van der Waals surface area contributed by atoms with Crippen molar-refractivity contribution in [3.05, 3.63) is 30.1 Å². The highest BCUT2D eigenvalue weighted by Crippen LogP contribution is 2.13. The molecule has 8 heteroatoms. The van der Waals surface area contributed by atoms with Crippen LogP contribution in [-0.4, -0.2) is 80.6 Å². The molecular formula is C21H34FN5O2. The van der Waals surface area contributed by atoms with Crippen molar-refractivity contribution >= 4 is 11.9 Å². The summed E-state index contributed by atoms with van der Waals surface area (Å²) in [7, 11) is 3.58. The molecule has 1 aromatic carbocycles. The van der Waals surface area contributed by atoms with Crippen LogP contribution in [0.2, 0.25) is 0 Å². The Labute approximate surface area is 173 Å². The van der Waals surface area contributed by atoms with Crippen molar-refractivity contribution in [3.63, 3.8) is 0 Å². The molecule has 0 radical (unpaired) electrons. The van der Waals surface area contributed by atoms with Crippen molar-refractivity contribution in [2.24, 2.45) is 4.99 Å². The summed E-state index contributed by atoms with van der Waals surface area (Å²) < 4.78 is 18.8. The SMILES string of the molecule is CCNC(=NCC(C)Oc1ccc(F)cc1)NC1CCN(CC(=O)N(C)C)CC1. The fraction of sp³-hybridized carbons (Fsp3) is 0.619. The number of amides is 1. The summed E-state index contributed by atoms with van der Waals surface area (Å²) in [6.45, 7) is 7.49. The predicted octanol–water partition coefficient (Wildman–Crippen LogP) is 1.70. The second-order valence-electron chi connectivity index (χ2n) is 7.58. The number of benzene rings is 1. The maximum atomic E-state index is 13.0. The fourth-order valence-electron chi connectivity index (χ4n) is 3.08. The Morgan fingerprint density at radius 2 is 1.97 bits per heavy atom. The van der Waals surface area contributed by atoms with E-state index in [2.05, 4.69) is 20.5 Å². The Hall–Kier alpha value is -2.35. The lowest BCUT2D eigenvalue weighted by molar-refractivity contribution is -0.130. The molecule has 1 fully saturated rings. The first kappa shape index (κ1) is 22.9. The topological polar surface area (TPSA) is 69.2 Å². The molecule has 0 bridgehead atoms. The number of carbonyl (C=O) groups is 1. The van der Waals surface area contributed by atoms with Crippen LogP contribution in [0.1, 0.15) is 26.7 Å². The van der Waals surface area contributed by atoms with Gasteiger partial charge in [-0.05, 0) is 51.0 Å². The van der Waals surface area contributed by atoms with Gasteiger partial charge in [-0.2, -0.15) is 0 Å². The molecular weight excluding hydrogens is 373 g/mol. The van der Waals surface area contributed by atoms with E-state index in [1.54, 1.807) is 31.1 Å². The van der Waals surface area contributed by atoms with Gasteiger partial charge in [0.2, 0.25) is 5.91 Å². The first-order valence-corrected chi connectivity index (χ1v) is 10.3. The van der Waals surface area contributed by atoms with Crippen molar-refractivity contribution in [1.82, 2.24) is 20.4 Å². The number of likely N-dealkylation sites (tertiary alicyclic amines) is 1. The molecule has 0 saturated carbocycles. The molecule has 2 N–H and O–H groups in total. The van der Waals surface area contributed by atoms with Crippen molar-refractivity contribution < 1.29 is 13.9 Å². The Morgan fingerprint density at radius 3 is 2.55 bits per heavy atom. The number of aliphatic imine (C=N–C) groups is 1. The molecule has 7 nitrogen and oxygen atoms in total. The molecule has 1 aliphatic heterocycles. The van der Waals surface area contributed by atoms with Gasteiger partial charge in [-0.1, -0.05) is 0 Å². The predicted molar refractivity (Wildman–Crippen MR) is 114 cm³/mol. The lowest BCUT2D eigenvalue weighted by Crippen LogP contribution is -2.50. The number of carbonyl (C=O) groups excluding carboxylic acids is 1. The van der Waals surface area contributed by atoms with Crippen LogP contribution in [0.3, 0.4) is 0 Å². The highest BCUT2D eigenvalue weighted by molar-refractivity contribution is 5.80. The molecule has 0 spiro atoms. The van der Waals surface area contributed by atoms with Crippen LogP contribution in [-0.2, 0) is 4.79 Å².